The molecule has 1 fully saturated rings. The summed E-state index contributed by atoms with van der Waals surface area (Å²) in [5.74, 6) is 0.346. The Labute approximate surface area is 180 Å². The van der Waals surface area contributed by atoms with Gasteiger partial charge < -0.3 is 19.4 Å². The van der Waals surface area contributed by atoms with Crippen LogP contribution in [0.1, 0.15) is 16.1 Å². The Morgan fingerprint density at radius 2 is 1.94 bits per heavy atom. The zero-order valence-electron chi connectivity index (χ0n) is 17.1. The normalized spacial score (nSPS) is 14.3. The molecular formula is C23H24N4O4. The summed E-state index contributed by atoms with van der Waals surface area (Å²) < 4.78 is 10.8. The summed E-state index contributed by atoms with van der Waals surface area (Å²) in [5, 5.41) is 2.74. The number of anilines is 1. The molecule has 1 saturated heterocycles. The first kappa shape index (κ1) is 20.6. The summed E-state index contributed by atoms with van der Waals surface area (Å²) >= 11 is 0. The second kappa shape index (κ2) is 9.90. The summed E-state index contributed by atoms with van der Waals surface area (Å²) in [6.45, 7) is 3.76. The van der Waals surface area contributed by atoms with Crippen LogP contribution in [0.3, 0.4) is 0 Å². The lowest BCUT2D eigenvalue weighted by Crippen LogP contribution is -2.49. The number of carbonyl (C=O) groups is 2. The van der Waals surface area contributed by atoms with Gasteiger partial charge in [-0.25, -0.2) is 0 Å². The molecule has 2 aromatic heterocycles. The molecule has 1 aliphatic heterocycles. The van der Waals surface area contributed by atoms with E-state index in [-0.39, 0.29) is 24.2 Å². The number of hydrogen-bond acceptors (Lipinski definition) is 6. The largest absolute Gasteiger partial charge is 0.484 e. The van der Waals surface area contributed by atoms with Crippen LogP contribution < -0.4 is 10.1 Å². The minimum atomic E-state index is -0.345. The van der Waals surface area contributed by atoms with E-state index >= 15 is 0 Å². The lowest BCUT2D eigenvalue weighted by atomic mass is 10.2. The Morgan fingerprint density at radius 1 is 1.06 bits per heavy atom. The van der Waals surface area contributed by atoms with E-state index in [9.17, 15) is 9.59 Å². The standard InChI is InChI=1S/C23H24N4O4/c28-22(27-11-9-26(10-12-27)16-18-4-2-8-24-15-18)17-31-20-6-1-5-19(14-20)25-23(29)21-7-3-13-30-21/h1-8,13-15H,9-12,16-17H2,(H,25,29). The highest BCUT2D eigenvalue weighted by Gasteiger charge is 2.21. The van der Waals surface area contributed by atoms with E-state index in [0.29, 0.717) is 24.5 Å². The number of ether oxygens (including phenoxy) is 1. The maximum absolute atomic E-state index is 12.5. The van der Waals surface area contributed by atoms with Gasteiger partial charge in [0.2, 0.25) is 0 Å². The maximum atomic E-state index is 12.5. The molecule has 8 nitrogen and oxygen atoms in total. The third-order valence-corrected chi connectivity index (χ3v) is 5.05. The summed E-state index contributed by atoms with van der Waals surface area (Å²) in [5.41, 5.74) is 1.74. The Kier molecular flexibility index (Phi) is 6.59. The molecule has 31 heavy (non-hydrogen) atoms. The van der Waals surface area contributed by atoms with Gasteiger partial charge in [0.1, 0.15) is 5.75 Å². The van der Waals surface area contributed by atoms with Gasteiger partial charge in [-0.15, -0.1) is 0 Å². The molecule has 0 spiro atoms. The Balaban J connectivity index is 1.23. The van der Waals surface area contributed by atoms with Crippen molar-refractivity contribution in [2.45, 2.75) is 6.54 Å². The second-order valence-corrected chi connectivity index (χ2v) is 7.27. The first-order chi connectivity index (χ1) is 15.2. The van der Waals surface area contributed by atoms with Crippen molar-refractivity contribution in [2.24, 2.45) is 0 Å². The van der Waals surface area contributed by atoms with Gasteiger partial charge in [-0.05, 0) is 35.9 Å². The average Bonchev–Trinajstić information content (AvgIpc) is 3.34. The van der Waals surface area contributed by atoms with Crippen molar-refractivity contribution >= 4 is 17.5 Å². The van der Waals surface area contributed by atoms with E-state index in [1.165, 1.54) is 11.8 Å². The molecule has 0 radical (unpaired) electrons. The second-order valence-electron chi connectivity index (χ2n) is 7.27. The lowest BCUT2D eigenvalue weighted by molar-refractivity contribution is -0.135. The highest BCUT2D eigenvalue weighted by molar-refractivity contribution is 6.02. The average molecular weight is 420 g/mol. The van der Waals surface area contributed by atoms with E-state index in [1.807, 2.05) is 17.2 Å². The number of benzene rings is 1. The van der Waals surface area contributed by atoms with Crippen molar-refractivity contribution in [3.05, 3.63) is 78.5 Å². The van der Waals surface area contributed by atoms with Crippen LogP contribution in [-0.2, 0) is 11.3 Å². The van der Waals surface area contributed by atoms with Gasteiger partial charge in [0.05, 0.1) is 6.26 Å². The molecule has 0 atom stereocenters. The molecule has 160 valence electrons. The molecular weight excluding hydrogens is 396 g/mol. The number of nitrogens with zero attached hydrogens (tertiary/aromatic N) is 3. The van der Waals surface area contributed by atoms with Gasteiger partial charge >= 0.3 is 0 Å². The number of hydrogen-bond donors (Lipinski definition) is 1. The monoisotopic (exact) mass is 420 g/mol. The SMILES string of the molecule is O=C(Nc1cccc(OCC(=O)N2CCN(Cc3cccnc3)CC2)c1)c1ccco1. The molecule has 1 aliphatic rings. The summed E-state index contributed by atoms with van der Waals surface area (Å²) in [6, 6.07) is 14.2. The van der Waals surface area contributed by atoms with Gasteiger partial charge in [0.15, 0.2) is 12.4 Å². The topological polar surface area (TPSA) is 87.9 Å². The highest BCUT2D eigenvalue weighted by atomic mass is 16.5. The van der Waals surface area contributed by atoms with Gasteiger partial charge in [0, 0.05) is 56.9 Å². The molecule has 1 aromatic carbocycles. The molecule has 3 heterocycles. The fourth-order valence-corrected chi connectivity index (χ4v) is 3.41. The summed E-state index contributed by atoms with van der Waals surface area (Å²) in [4.78, 5) is 32.9. The molecule has 3 aromatic rings. The van der Waals surface area contributed by atoms with Crippen molar-refractivity contribution in [3.8, 4) is 5.75 Å². The fourth-order valence-electron chi connectivity index (χ4n) is 3.41. The number of furan rings is 1. The third-order valence-electron chi connectivity index (χ3n) is 5.05. The van der Waals surface area contributed by atoms with E-state index in [0.717, 1.165) is 19.6 Å². The van der Waals surface area contributed by atoms with Crippen LogP contribution in [0.15, 0.2) is 71.6 Å². The predicted molar refractivity (Wildman–Crippen MR) is 115 cm³/mol. The van der Waals surface area contributed by atoms with E-state index in [1.54, 1.807) is 42.6 Å². The van der Waals surface area contributed by atoms with Crippen molar-refractivity contribution in [1.82, 2.24) is 14.8 Å². The smallest absolute Gasteiger partial charge is 0.291 e. The molecule has 4 rings (SSSR count). The maximum Gasteiger partial charge on any atom is 0.291 e. The van der Waals surface area contributed by atoms with Crippen molar-refractivity contribution < 1.29 is 18.7 Å². The fraction of sp³-hybridized carbons (Fsp3) is 0.261. The van der Waals surface area contributed by atoms with Gasteiger partial charge in [0.25, 0.3) is 11.8 Å². The van der Waals surface area contributed by atoms with E-state index < -0.39 is 0 Å². The van der Waals surface area contributed by atoms with Crippen LogP contribution in [0.2, 0.25) is 0 Å². The molecule has 8 heteroatoms. The van der Waals surface area contributed by atoms with Crippen LogP contribution in [0.4, 0.5) is 5.69 Å². The van der Waals surface area contributed by atoms with Crippen molar-refractivity contribution in [3.63, 3.8) is 0 Å². The quantitative estimate of drug-likeness (QED) is 0.632. The Morgan fingerprint density at radius 3 is 2.68 bits per heavy atom. The van der Waals surface area contributed by atoms with E-state index in [2.05, 4.69) is 21.3 Å². The predicted octanol–water partition coefficient (Wildman–Crippen LogP) is 2.65. The molecule has 1 N–H and O–H groups in total. The number of piperazine rings is 1. The minimum Gasteiger partial charge on any atom is -0.484 e. The van der Waals surface area contributed by atoms with Crippen LogP contribution in [0.25, 0.3) is 0 Å². The highest BCUT2D eigenvalue weighted by Crippen LogP contribution is 2.18. The number of nitrogens with one attached hydrogen (secondary N) is 1. The molecule has 0 aliphatic carbocycles. The van der Waals surface area contributed by atoms with Gasteiger partial charge in [-0.1, -0.05) is 12.1 Å². The minimum absolute atomic E-state index is 0.0435. The van der Waals surface area contributed by atoms with Gasteiger partial charge in [-0.2, -0.15) is 0 Å². The van der Waals surface area contributed by atoms with Crippen molar-refractivity contribution in [1.29, 1.82) is 0 Å². The Hall–Kier alpha value is -3.65. The van der Waals surface area contributed by atoms with Crippen molar-refractivity contribution in [2.75, 3.05) is 38.1 Å². The van der Waals surface area contributed by atoms with Crippen LogP contribution in [0, 0.1) is 0 Å². The zero-order chi connectivity index (χ0) is 21.5. The number of rotatable bonds is 7. The van der Waals surface area contributed by atoms with Gasteiger partial charge in [-0.3, -0.25) is 19.5 Å². The number of carbonyl (C=O) groups excluding carboxylic acids is 2. The van der Waals surface area contributed by atoms with Crippen LogP contribution in [0.5, 0.6) is 5.75 Å². The van der Waals surface area contributed by atoms with E-state index in [4.69, 9.17) is 9.15 Å². The number of pyridine rings is 1. The lowest BCUT2D eigenvalue weighted by Gasteiger charge is -2.34. The molecule has 2 amide bonds. The summed E-state index contributed by atoms with van der Waals surface area (Å²) in [6.07, 6.45) is 5.08. The molecule has 0 unspecified atom stereocenters. The number of amides is 2. The summed E-state index contributed by atoms with van der Waals surface area (Å²) in [7, 11) is 0. The first-order valence-electron chi connectivity index (χ1n) is 10.1. The number of aromatic nitrogens is 1. The molecule has 0 saturated carbocycles. The van der Waals surface area contributed by atoms with Crippen LogP contribution >= 0.6 is 0 Å². The first-order valence-corrected chi connectivity index (χ1v) is 10.1. The third kappa shape index (κ3) is 5.70. The molecule has 0 bridgehead atoms. The zero-order valence-corrected chi connectivity index (χ0v) is 17.1. The van der Waals surface area contributed by atoms with Crippen LogP contribution in [-0.4, -0.2) is 59.4 Å². The Bertz CT molecular complexity index is 999.